The fraction of sp³-hybridized carbons (Fsp3) is 0.636. The molecule has 1 aliphatic carbocycles. The Labute approximate surface area is 120 Å². The Morgan fingerprint density at radius 1 is 1.44 bits per heavy atom. The van der Waals surface area contributed by atoms with Gasteiger partial charge in [-0.3, -0.25) is 0 Å². The van der Waals surface area contributed by atoms with Crippen molar-refractivity contribution in [2.45, 2.75) is 49.6 Å². The van der Waals surface area contributed by atoms with Crippen LogP contribution in [0.4, 0.5) is 0 Å². The van der Waals surface area contributed by atoms with Crippen molar-refractivity contribution in [3.63, 3.8) is 0 Å². The van der Waals surface area contributed by atoms with E-state index in [9.17, 15) is 8.42 Å². The highest BCUT2D eigenvalue weighted by atomic mass is 79.9. The fourth-order valence-corrected chi connectivity index (χ4v) is 6.00. The molecule has 0 spiro atoms. The summed E-state index contributed by atoms with van der Waals surface area (Å²) in [7, 11) is -3.45. The number of rotatable bonds is 3. The first-order chi connectivity index (χ1) is 8.40. The van der Waals surface area contributed by atoms with Gasteiger partial charge in [0.05, 0.1) is 8.68 Å². The van der Waals surface area contributed by atoms with Crippen LogP contribution in [0.15, 0.2) is 14.7 Å². The number of aryl methyl sites for hydroxylation is 1. The van der Waals surface area contributed by atoms with E-state index in [1.165, 1.54) is 11.3 Å². The minimum atomic E-state index is -3.45. The number of halogens is 1. The number of hydrogen-bond acceptors (Lipinski definition) is 4. The maximum absolute atomic E-state index is 12.3. The van der Waals surface area contributed by atoms with Crippen molar-refractivity contribution in [2.24, 2.45) is 5.73 Å². The third kappa shape index (κ3) is 3.14. The average Bonchev–Trinajstić information content (AvgIpc) is 2.62. The quantitative estimate of drug-likeness (QED) is 0.876. The third-order valence-corrected chi connectivity index (χ3v) is 6.56. The molecule has 7 heteroatoms. The average molecular weight is 353 g/mol. The second-order valence-corrected chi connectivity index (χ2v) is 8.97. The SMILES string of the molecule is Cc1sc(Br)cc1S(=O)(=O)N[C@@H]1CCCC[C@H]1N. The predicted molar refractivity (Wildman–Crippen MR) is 77.3 cm³/mol. The van der Waals surface area contributed by atoms with Crippen LogP contribution < -0.4 is 10.5 Å². The van der Waals surface area contributed by atoms with E-state index in [1.54, 1.807) is 6.07 Å². The monoisotopic (exact) mass is 352 g/mol. The maximum atomic E-state index is 12.3. The van der Waals surface area contributed by atoms with Crippen molar-refractivity contribution >= 4 is 37.3 Å². The molecule has 2 atom stereocenters. The van der Waals surface area contributed by atoms with Gasteiger partial charge in [0, 0.05) is 17.0 Å². The Kier molecular flexibility index (Phi) is 4.48. The highest BCUT2D eigenvalue weighted by molar-refractivity contribution is 9.11. The van der Waals surface area contributed by atoms with Gasteiger partial charge in [0.2, 0.25) is 10.0 Å². The van der Waals surface area contributed by atoms with E-state index in [0.717, 1.165) is 34.3 Å². The molecule has 1 aromatic rings. The normalized spacial score (nSPS) is 25.3. The minimum Gasteiger partial charge on any atom is -0.326 e. The number of nitrogens with one attached hydrogen (secondary N) is 1. The molecule has 1 saturated carbocycles. The van der Waals surface area contributed by atoms with Gasteiger partial charge in [-0.15, -0.1) is 11.3 Å². The lowest BCUT2D eigenvalue weighted by Crippen LogP contribution is -2.49. The van der Waals surface area contributed by atoms with Crippen LogP contribution in [0, 0.1) is 6.92 Å². The molecule has 0 radical (unpaired) electrons. The lowest BCUT2D eigenvalue weighted by molar-refractivity contribution is 0.361. The van der Waals surface area contributed by atoms with Crippen LogP contribution in [0.5, 0.6) is 0 Å². The zero-order valence-electron chi connectivity index (χ0n) is 10.1. The summed E-state index contributed by atoms with van der Waals surface area (Å²) in [6, 6.07) is 1.44. The van der Waals surface area contributed by atoms with Gasteiger partial charge >= 0.3 is 0 Å². The first-order valence-electron chi connectivity index (χ1n) is 5.94. The van der Waals surface area contributed by atoms with E-state index in [0.29, 0.717) is 4.90 Å². The fourth-order valence-electron chi connectivity index (χ4n) is 2.27. The Morgan fingerprint density at radius 3 is 2.67 bits per heavy atom. The van der Waals surface area contributed by atoms with Gasteiger partial charge in [0.1, 0.15) is 0 Å². The number of nitrogens with two attached hydrogens (primary N) is 1. The Hall–Kier alpha value is 0.0500. The van der Waals surface area contributed by atoms with E-state index in [4.69, 9.17) is 5.73 Å². The zero-order valence-corrected chi connectivity index (χ0v) is 13.4. The first-order valence-corrected chi connectivity index (χ1v) is 9.03. The maximum Gasteiger partial charge on any atom is 0.242 e. The summed E-state index contributed by atoms with van der Waals surface area (Å²) in [6.45, 7) is 1.81. The summed E-state index contributed by atoms with van der Waals surface area (Å²) in [5.74, 6) is 0. The molecule has 1 aromatic heterocycles. The summed E-state index contributed by atoms with van der Waals surface area (Å²) >= 11 is 4.74. The molecule has 1 fully saturated rings. The zero-order chi connectivity index (χ0) is 13.3. The van der Waals surface area contributed by atoms with Crippen molar-refractivity contribution in [2.75, 3.05) is 0 Å². The van der Waals surface area contributed by atoms with Gasteiger partial charge in [-0.1, -0.05) is 12.8 Å². The summed E-state index contributed by atoms with van der Waals surface area (Å²) in [5.41, 5.74) is 5.97. The van der Waals surface area contributed by atoms with Crippen LogP contribution in [-0.4, -0.2) is 20.5 Å². The van der Waals surface area contributed by atoms with Crippen LogP contribution >= 0.6 is 27.3 Å². The van der Waals surface area contributed by atoms with Crippen LogP contribution in [-0.2, 0) is 10.0 Å². The molecule has 0 amide bonds. The van der Waals surface area contributed by atoms with E-state index >= 15 is 0 Å². The lowest BCUT2D eigenvalue weighted by atomic mass is 9.92. The number of hydrogen-bond donors (Lipinski definition) is 2. The third-order valence-electron chi connectivity index (χ3n) is 3.26. The van der Waals surface area contributed by atoms with Crippen molar-refractivity contribution in [1.29, 1.82) is 0 Å². The molecule has 0 aromatic carbocycles. The minimum absolute atomic E-state index is 0.0732. The Balaban J connectivity index is 2.19. The van der Waals surface area contributed by atoms with Gasteiger partial charge in [-0.05, 0) is 41.8 Å². The predicted octanol–water partition coefficient (Wildman–Crippen LogP) is 2.37. The highest BCUT2D eigenvalue weighted by Crippen LogP contribution is 2.30. The second kappa shape index (κ2) is 5.58. The molecule has 4 nitrogen and oxygen atoms in total. The van der Waals surface area contributed by atoms with Gasteiger partial charge in [-0.2, -0.15) is 0 Å². The molecule has 0 saturated heterocycles. The van der Waals surface area contributed by atoms with Gasteiger partial charge in [-0.25, -0.2) is 13.1 Å². The van der Waals surface area contributed by atoms with Gasteiger partial charge in [0.25, 0.3) is 0 Å². The Bertz CT molecular complexity index is 527. The number of thiophene rings is 1. The van der Waals surface area contributed by atoms with Gasteiger partial charge < -0.3 is 5.73 Å². The molecule has 0 bridgehead atoms. The van der Waals surface area contributed by atoms with Crippen molar-refractivity contribution < 1.29 is 8.42 Å². The summed E-state index contributed by atoms with van der Waals surface area (Å²) < 4.78 is 28.2. The molecule has 102 valence electrons. The van der Waals surface area contributed by atoms with Crippen molar-refractivity contribution in [1.82, 2.24) is 4.72 Å². The molecule has 1 aliphatic rings. The summed E-state index contributed by atoms with van der Waals surface area (Å²) in [6.07, 6.45) is 3.83. The highest BCUT2D eigenvalue weighted by Gasteiger charge is 2.28. The smallest absolute Gasteiger partial charge is 0.242 e. The largest absolute Gasteiger partial charge is 0.326 e. The van der Waals surface area contributed by atoms with Crippen molar-refractivity contribution in [3.05, 3.63) is 14.7 Å². The molecular weight excluding hydrogens is 336 g/mol. The number of sulfonamides is 1. The van der Waals surface area contributed by atoms with Crippen LogP contribution in [0.2, 0.25) is 0 Å². The molecule has 0 aliphatic heterocycles. The van der Waals surface area contributed by atoms with E-state index < -0.39 is 10.0 Å². The van der Waals surface area contributed by atoms with Crippen LogP contribution in [0.3, 0.4) is 0 Å². The van der Waals surface area contributed by atoms with E-state index in [-0.39, 0.29) is 12.1 Å². The first kappa shape index (κ1) is 14.5. The Morgan fingerprint density at radius 2 is 2.11 bits per heavy atom. The van der Waals surface area contributed by atoms with Crippen molar-refractivity contribution in [3.8, 4) is 0 Å². The molecule has 1 heterocycles. The van der Waals surface area contributed by atoms with Crippen LogP contribution in [0.25, 0.3) is 0 Å². The van der Waals surface area contributed by atoms with E-state index in [1.807, 2.05) is 6.92 Å². The lowest BCUT2D eigenvalue weighted by Gasteiger charge is -2.28. The van der Waals surface area contributed by atoms with Gasteiger partial charge in [0.15, 0.2) is 0 Å². The molecular formula is C11H17BrN2O2S2. The van der Waals surface area contributed by atoms with Crippen LogP contribution in [0.1, 0.15) is 30.6 Å². The molecule has 3 N–H and O–H groups in total. The molecule has 18 heavy (non-hydrogen) atoms. The standard InChI is InChI=1S/C11H17BrN2O2S2/c1-7-10(6-11(12)17-7)18(15,16)14-9-5-3-2-4-8(9)13/h6,8-9,14H,2-5,13H2,1H3/t8-,9-/m1/s1. The summed E-state index contributed by atoms with van der Waals surface area (Å²) in [5, 5.41) is 0. The molecule has 2 rings (SSSR count). The summed E-state index contributed by atoms with van der Waals surface area (Å²) in [4.78, 5) is 1.15. The van der Waals surface area contributed by atoms with E-state index in [2.05, 4.69) is 20.7 Å². The molecule has 0 unspecified atom stereocenters. The second-order valence-electron chi connectivity index (χ2n) is 4.65. The topological polar surface area (TPSA) is 72.2 Å².